The van der Waals surface area contributed by atoms with Gasteiger partial charge in [-0.1, -0.05) is 32.6 Å². The lowest BCUT2D eigenvalue weighted by Gasteiger charge is -2.39. The number of carbonyl (C=O) groups is 7. The van der Waals surface area contributed by atoms with Crippen LogP contribution < -0.4 is 45.7 Å². The fourth-order valence-corrected chi connectivity index (χ4v) is 9.57. The number of aryl methyl sites for hydroxylation is 1. The number of methoxy groups -OCH3 is 1. The molecule has 2 fully saturated rings. The molecule has 1 unspecified atom stereocenters. The van der Waals surface area contributed by atoms with Crippen LogP contribution in [0.1, 0.15) is 79.3 Å². The zero-order valence-corrected chi connectivity index (χ0v) is 47.1. The first-order valence-corrected chi connectivity index (χ1v) is 27.1. The number of aromatic nitrogens is 1. The second kappa shape index (κ2) is 28.6. The Kier molecular flexibility index (Phi) is 21.4. The molecule has 4 heterocycles. The molecule has 3 aliphatic heterocycles. The molecule has 4 aromatic rings. The first-order valence-electron chi connectivity index (χ1n) is 27.1. The van der Waals surface area contributed by atoms with Gasteiger partial charge in [0.1, 0.15) is 55.4 Å². The molecule has 0 aliphatic carbocycles. The Morgan fingerprint density at radius 2 is 1.58 bits per heavy atom. The molecule has 7 rings (SSSR count). The molecule has 3 aromatic carbocycles. The number of hydrogen-bond donors (Lipinski definition) is 10. The molecule has 1 aromatic heterocycles. The lowest BCUT2D eigenvalue weighted by atomic mass is 9.99. The van der Waals surface area contributed by atoms with E-state index in [2.05, 4.69) is 33.2 Å². The lowest BCUT2D eigenvalue weighted by molar-refractivity contribution is -0.387. The van der Waals surface area contributed by atoms with E-state index < -0.39 is 126 Å². The molecule has 0 spiro atoms. The molecular formula is C56H69N9O20. The number of nitrogens with one attached hydrogen (secondary N) is 5. The van der Waals surface area contributed by atoms with Crippen LogP contribution in [0.5, 0.6) is 17.2 Å². The fraction of sp³-hybridized carbons (Fsp3) is 0.446. The maximum atomic E-state index is 14.2. The first kappa shape index (κ1) is 63.7. The summed E-state index contributed by atoms with van der Waals surface area (Å²) in [6.45, 7) is 7.18. The summed E-state index contributed by atoms with van der Waals surface area (Å²) in [6, 6.07) is 11.0. The fourth-order valence-electron chi connectivity index (χ4n) is 9.57. The van der Waals surface area contributed by atoms with Crippen LogP contribution in [0.2, 0.25) is 0 Å². The minimum absolute atomic E-state index is 0.0304. The first-order chi connectivity index (χ1) is 40.5. The van der Waals surface area contributed by atoms with E-state index >= 15 is 0 Å². The Morgan fingerprint density at radius 3 is 2.25 bits per heavy atom. The maximum absolute atomic E-state index is 14.2. The van der Waals surface area contributed by atoms with Gasteiger partial charge in [-0.05, 0) is 86.6 Å². The summed E-state index contributed by atoms with van der Waals surface area (Å²) in [4.78, 5) is 107. The number of aliphatic hydroxyl groups excluding tert-OH is 5. The van der Waals surface area contributed by atoms with E-state index in [0.29, 0.717) is 36.3 Å². The molecule has 0 bridgehead atoms. The van der Waals surface area contributed by atoms with Gasteiger partial charge in [-0.25, -0.2) is 14.5 Å². The Balaban J connectivity index is 0.943. The van der Waals surface area contributed by atoms with Gasteiger partial charge in [0.15, 0.2) is 23.5 Å². The third-order valence-corrected chi connectivity index (χ3v) is 14.1. The van der Waals surface area contributed by atoms with E-state index in [1.807, 2.05) is 0 Å². The third-order valence-electron chi connectivity index (χ3n) is 14.1. The van der Waals surface area contributed by atoms with Crippen LogP contribution in [-0.4, -0.2) is 170 Å². The van der Waals surface area contributed by atoms with Crippen molar-refractivity contribution in [3.63, 3.8) is 0 Å². The molecule has 9 atom stereocenters. The van der Waals surface area contributed by atoms with Crippen LogP contribution in [0, 0.1) is 16.0 Å². The van der Waals surface area contributed by atoms with Crippen LogP contribution in [0.25, 0.3) is 0 Å². The number of nitrogens with zero attached hydrogens (tertiary/aromatic N) is 4. The van der Waals surface area contributed by atoms with Gasteiger partial charge in [-0.2, -0.15) is 0 Å². The summed E-state index contributed by atoms with van der Waals surface area (Å²) < 4.78 is 34.6. The van der Waals surface area contributed by atoms with Gasteiger partial charge in [-0.15, -0.1) is 0 Å². The number of rotatable bonds is 23. The normalized spacial score (nSPS) is 20.7. The highest BCUT2D eigenvalue weighted by atomic mass is 16.7. The van der Waals surface area contributed by atoms with Crippen molar-refractivity contribution in [2.24, 2.45) is 13.0 Å². The molecule has 2 saturated heterocycles. The minimum atomic E-state index is -1.86. The summed E-state index contributed by atoms with van der Waals surface area (Å²) in [7, 11) is 2.95. The highest BCUT2D eigenvalue weighted by Crippen LogP contribution is 2.42. The molecule has 85 heavy (non-hydrogen) atoms. The second-order valence-electron chi connectivity index (χ2n) is 20.5. The topological polar surface area (TPSA) is 391 Å². The largest absolute Gasteiger partial charge is 0.493 e. The predicted octanol–water partition coefficient (Wildman–Crippen LogP) is 3.02. The number of hydrogen-bond acceptors (Lipinski definition) is 20. The predicted molar refractivity (Wildman–Crippen MR) is 301 cm³/mol. The number of piperidine rings is 1. The number of benzene rings is 3. The number of amides is 7. The number of anilines is 4. The van der Waals surface area contributed by atoms with Gasteiger partial charge in [0.25, 0.3) is 11.8 Å². The number of ether oxygens (including phenoxy) is 6. The Hall–Kier alpha value is -8.87. The van der Waals surface area contributed by atoms with Crippen LogP contribution in [-0.2, 0) is 42.2 Å². The number of fused-ring (bicyclic) bond motifs is 2. The standard InChI is InChI=1S/C56H69N9O20/c1-7-20-82-55(76)61-45(29(2)3)51(73)57-30(4)49(71)59-32-14-16-33(17-15-32)60-50(72)39-23-34(26-62(39)5)58-44(67)12-10-21-81-42-25-37-35(24-41(42)80-6)52(74)63-19-9-8-11-36(63)53(75)64(37)56(77)83-28-31-13-18-40(38(22-31)65(78)79)84-54-48(70)47(69)46(68)43(27-66)85-54/h7,13-18,22-26,29-30,36,43,45-48,53-54,66,68-70,75H,1,8-12,19-21,27-28H2,2-6H3,(H,57,73)(H,58,67)(H,59,71)(H,60,72)(H,61,76)/t30-,36-,43+,45-,46+,47-,48+,53?,54+/m0/s1. The van der Waals surface area contributed by atoms with Gasteiger partial charge in [0.2, 0.25) is 24.0 Å². The molecule has 7 amide bonds. The number of nitro benzene ring substituents is 1. The molecule has 458 valence electrons. The van der Waals surface area contributed by atoms with Crippen LogP contribution in [0.15, 0.2) is 79.5 Å². The van der Waals surface area contributed by atoms with Gasteiger partial charge in [0, 0.05) is 49.7 Å². The summed E-state index contributed by atoms with van der Waals surface area (Å²) in [5.74, 6) is -3.21. The van der Waals surface area contributed by atoms with E-state index in [9.17, 15) is 69.2 Å². The van der Waals surface area contributed by atoms with Crippen LogP contribution >= 0.6 is 0 Å². The zero-order valence-electron chi connectivity index (χ0n) is 47.1. The van der Waals surface area contributed by atoms with Crippen molar-refractivity contribution in [1.82, 2.24) is 20.1 Å². The molecular weight excluding hydrogens is 1120 g/mol. The zero-order chi connectivity index (χ0) is 61.8. The lowest BCUT2D eigenvalue weighted by Crippen LogP contribution is -2.60. The summed E-state index contributed by atoms with van der Waals surface area (Å²) in [6.07, 6.45) is -7.46. The molecule has 0 saturated carbocycles. The summed E-state index contributed by atoms with van der Waals surface area (Å²) in [5.41, 5.74) is 0.526. The van der Waals surface area contributed by atoms with Gasteiger partial charge >= 0.3 is 17.9 Å². The summed E-state index contributed by atoms with van der Waals surface area (Å²) >= 11 is 0. The van der Waals surface area contributed by atoms with Crippen molar-refractivity contribution < 1.29 is 92.4 Å². The van der Waals surface area contributed by atoms with Crippen molar-refractivity contribution in [3.05, 3.63) is 106 Å². The number of alkyl carbamates (subject to hydrolysis) is 1. The van der Waals surface area contributed by atoms with Crippen molar-refractivity contribution in [2.45, 2.75) is 115 Å². The number of aliphatic hydroxyl groups is 5. The van der Waals surface area contributed by atoms with Crippen molar-refractivity contribution >= 4 is 70.2 Å². The number of nitro groups is 1. The highest BCUT2D eigenvalue weighted by Gasteiger charge is 2.46. The van der Waals surface area contributed by atoms with Gasteiger partial charge in [0.05, 0.1) is 48.2 Å². The molecule has 29 nitrogen and oxygen atoms in total. The van der Waals surface area contributed by atoms with E-state index in [1.54, 1.807) is 51.4 Å². The third kappa shape index (κ3) is 15.5. The average Bonchev–Trinajstić information content (AvgIpc) is 2.57. The van der Waals surface area contributed by atoms with Crippen LogP contribution in [0.4, 0.5) is 38.0 Å². The van der Waals surface area contributed by atoms with Crippen molar-refractivity contribution in [3.8, 4) is 17.2 Å². The Morgan fingerprint density at radius 1 is 0.859 bits per heavy atom. The monoisotopic (exact) mass is 1190 g/mol. The molecule has 29 heteroatoms. The SMILES string of the molecule is C=CCOC(=O)N[C@H](C(=O)N[C@@H](C)C(=O)Nc1ccc(NC(=O)c2cc(NC(=O)CCCOc3cc4c(cc3OC)C(=O)N3CCCC[C@H]3C(O)N4C(=O)OCc3ccc(O[C@@H]4O[C@H](CO)[C@@H](O)[C@H](O)[C@H]4O)c([N+](=O)[O-])c3)cn2C)cc1)C(C)C. The summed E-state index contributed by atoms with van der Waals surface area (Å²) in [5, 5.41) is 77.7. The van der Waals surface area contributed by atoms with E-state index in [1.165, 1.54) is 53.8 Å². The Labute approximate surface area is 486 Å². The minimum Gasteiger partial charge on any atom is -0.493 e. The molecule has 0 radical (unpaired) electrons. The van der Waals surface area contributed by atoms with Crippen molar-refractivity contribution in [1.29, 1.82) is 0 Å². The number of carbonyl (C=O) groups excluding carboxylic acids is 7. The van der Waals surface area contributed by atoms with E-state index in [4.69, 9.17) is 28.4 Å². The smallest absolute Gasteiger partial charge is 0.416 e. The quantitative estimate of drug-likeness (QED) is 0.0221. The maximum Gasteiger partial charge on any atom is 0.416 e. The van der Waals surface area contributed by atoms with Gasteiger partial charge < -0.3 is 90.0 Å². The van der Waals surface area contributed by atoms with E-state index in [-0.39, 0.29) is 72.5 Å². The van der Waals surface area contributed by atoms with Gasteiger partial charge in [-0.3, -0.25) is 34.1 Å². The molecule has 3 aliphatic rings. The van der Waals surface area contributed by atoms with E-state index in [0.717, 1.165) is 17.0 Å². The van der Waals surface area contributed by atoms with Crippen molar-refractivity contribution in [2.75, 3.05) is 54.3 Å². The van der Waals surface area contributed by atoms with Crippen LogP contribution in [0.3, 0.4) is 0 Å². The second-order valence-corrected chi connectivity index (χ2v) is 20.5. The average molecular weight is 1190 g/mol. The molecule has 10 N–H and O–H groups in total. The highest BCUT2D eigenvalue weighted by molar-refractivity contribution is 6.06. The Bertz CT molecular complexity index is 3120.